The summed E-state index contributed by atoms with van der Waals surface area (Å²) in [6.07, 6.45) is 0. The van der Waals surface area contributed by atoms with E-state index >= 15 is 0 Å². The topological polar surface area (TPSA) is 38.7 Å². The predicted molar refractivity (Wildman–Crippen MR) is 260 cm³/mol. The van der Waals surface area contributed by atoms with Gasteiger partial charge in [-0.2, -0.15) is 0 Å². The number of pyridine rings is 1. The first kappa shape index (κ1) is 35.7. The highest BCUT2D eigenvalue weighted by Gasteiger charge is 2.18. The Bertz CT molecular complexity index is 3700. The second kappa shape index (κ2) is 14.8. The molecule has 0 N–H and O–H groups in total. The highest BCUT2D eigenvalue weighted by molar-refractivity contribution is 6.25. The molecule has 0 aliphatic rings. The lowest BCUT2D eigenvalue weighted by Crippen LogP contribution is -1.96. The zero-order valence-corrected chi connectivity index (χ0v) is 33.7. The van der Waals surface area contributed by atoms with Gasteiger partial charge in [-0.3, -0.25) is 0 Å². The summed E-state index contributed by atoms with van der Waals surface area (Å²) in [5.41, 5.74) is 13.8. The maximum absolute atomic E-state index is 5.38. The molecule has 62 heavy (non-hydrogen) atoms. The van der Waals surface area contributed by atoms with Gasteiger partial charge in [0.2, 0.25) is 0 Å². The SMILES string of the molecule is c1ccc(-c2cccc(-c3nc(-c4cccc(-c5cccc(-c6cc7c(-c8ccc9ccccc9c8)nc8ccccc8c7c7ccccc67)c5)c4)nc4ccccc34)c2)cc1. The molecular weight excluding hydrogens is 751 g/mol. The lowest BCUT2D eigenvalue weighted by atomic mass is 9.89. The van der Waals surface area contributed by atoms with E-state index in [9.17, 15) is 0 Å². The van der Waals surface area contributed by atoms with E-state index in [1.54, 1.807) is 0 Å². The summed E-state index contributed by atoms with van der Waals surface area (Å²) in [6, 6.07) is 80.0. The second-order valence-corrected chi connectivity index (χ2v) is 16.0. The van der Waals surface area contributed by atoms with Crippen LogP contribution < -0.4 is 0 Å². The molecule has 0 aliphatic heterocycles. The van der Waals surface area contributed by atoms with Crippen LogP contribution in [0.3, 0.4) is 0 Å². The fourth-order valence-electron chi connectivity index (χ4n) is 9.22. The highest BCUT2D eigenvalue weighted by atomic mass is 14.9. The van der Waals surface area contributed by atoms with Crippen LogP contribution in [0.4, 0.5) is 0 Å². The van der Waals surface area contributed by atoms with Gasteiger partial charge in [0, 0.05) is 38.2 Å². The van der Waals surface area contributed by atoms with Gasteiger partial charge in [-0.25, -0.2) is 15.0 Å². The van der Waals surface area contributed by atoms with E-state index in [1.165, 1.54) is 38.1 Å². The average molecular weight is 788 g/mol. The Morgan fingerprint density at radius 1 is 0.242 bits per heavy atom. The van der Waals surface area contributed by atoms with Crippen LogP contribution in [0.25, 0.3) is 121 Å². The van der Waals surface area contributed by atoms with Crippen molar-refractivity contribution in [1.82, 2.24) is 15.0 Å². The summed E-state index contributed by atoms with van der Waals surface area (Å²) >= 11 is 0. The Kier molecular flexibility index (Phi) is 8.50. The number of rotatable bonds is 6. The van der Waals surface area contributed by atoms with Crippen LogP contribution in [0.5, 0.6) is 0 Å². The molecule has 0 radical (unpaired) electrons. The van der Waals surface area contributed by atoms with Crippen LogP contribution in [0.2, 0.25) is 0 Å². The summed E-state index contributed by atoms with van der Waals surface area (Å²) in [4.78, 5) is 15.8. The second-order valence-electron chi connectivity index (χ2n) is 16.0. The van der Waals surface area contributed by atoms with Crippen molar-refractivity contribution in [3.63, 3.8) is 0 Å². The van der Waals surface area contributed by atoms with Crippen molar-refractivity contribution in [3.05, 3.63) is 224 Å². The Labute approximate surface area is 359 Å². The molecule has 0 aliphatic carbocycles. The minimum Gasteiger partial charge on any atom is -0.247 e. The number of aromatic nitrogens is 3. The molecule has 0 amide bonds. The van der Waals surface area contributed by atoms with Crippen molar-refractivity contribution in [2.75, 3.05) is 0 Å². The van der Waals surface area contributed by atoms with Gasteiger partial charge in [-0.05, 0) is 97.4 Å². The Hall–Kier alpha value is -8.27. The largest absolute Gasteiger partial charge is 0.247 e. The molecule has 12 rings (SSSR count). The van der Waals surface area contributed by atoms with E-state index in [-0.39, 0.29) is 0 Å². The standard InChI is InChI=1S/C59H37N3/c1-2-15-38(16-3-1)41-19-13-23-45(34-41)57-51-28-9-11-30-55(51)61-59(62-57)47-24-14-21-43(36-47)42-20-12-22-44(33-42)52-37-53-56(49-26-7-6-25-48(49)52)50-27-8-10-29-54(50)60-58(53)46-32-31-39-17-4-5-18-40(39)35-46/h1-37H. The minimum atomic E-state index is 0.697. The third-order valence-electron chi connectivity index (χ3n) is 12.2. The lowest BCUT2D eigenvalue weighted by Gasteiger charge is -2.17. The number of hydrogen-bond donors (Lipinski definition) is 0. The van der Waals surface area contributed by atoms with E-state index in [0.29, 0.717) is 5.82 Å². The van der Waals surface area contributed by atoms with E-state index in [4.69, 9.17) is 15.0 Å². The van der Waals surface area contributed by atoms with E-state index in [1.807, 2.05) is 6.07 Å². The fourth-order valence-corrected chi connectivity index (χ4v) is 9.22. The molecule has 0 atom stereocenters. The first-order chi connectivity index (χ1) is 30.7. The molecule has 0 saturated heterocycles. The number of nitrogens with zero attached hydrogens (tertiary/aromatic N) is 3. The first-order valence-electron chi connectivity index (χ1n) is 21.1. The molecule has 10 aromatic carbocycles. The molecule has 0 spiro atoms. The van der Waals surface area contributed by atoms with Crippen molar-refractivity contribution in [2.45, 2.75) is 0 Å². The van der Waals surface area contributed by atoms with Gasteiger partial charge in [-0.15, -0.1) is 0 Å². The van der Waals surface area contributed by atoms with E-state index < -0.39 is 0 Å². The summed E-state index contributed by atoms with van der Waals surface area (Å²) in [5, 5.41) is 9.39. The third-order valence-corrected chi connectivity index (χ3v) is 12.2. The van der Waals surface area contributed by atoms with Gasteiger partial charge in [0.1, 0.15) is 0 Å². The maximum Gasteiger partial charge on any atom is 0.160 e. The minimum absolute atomic E-state index is 0.697. The fraction of sp³-hybridized carbons (Fsp3) is 0. The maximum atomic E-state index is 5.38. The van der Waals surface area contributed by atoms with Gasteiger partial charge in [-0.1, -0.05) is 182 Å². The molecular formula is C59H37N3. The van der Waals surface area contributed by atoms with E-state index in [2.05, 4.69) is 218 Å². The molecule has 2 heterocycles. The third kappa shape index (κ3) is 6.18. The molecule has 3 nitrogen and oxygen atoms in total. The highest BCUT2D eigenvalue weighted by Crippen LogP contribution is 2.43. The Balaban J connectivity index is 0.997. The summed E-state index contributed by atoms with van der Waals surface area (Å²) in [5.74, 6) is 0.697. The monoisotopic (exact) mass is 787 g/mol. The van der Waals surface area contributed by atoms with Crippen LogP contribution in [0, 0.1) is 0 Å². The molecule has 3 heteroatoms. The van der Waals surface area contributed by atoms with Gasteiger partial charge in [0.05, 0.1) is 22.4 Å². The molecule has 0 fully saturated rings. The van der Waals surface area contributed by atoms with Crippen molar-refractivity contribution in [1.29, 1.82) is 0 Å². The number of benzene rings is 10. The lowest BCUT2D eigenvalue weighted by molar-refractivity contribution is 1.23. The quantitative estimate of drug-likeness (QED) is 0.158. The van der Waals surface area contributed by atoms with Crippen molar-refractivity contribution < 1.29 is 0 Å². The van der Waals surface area contributed by atoms with E-state index in [0.717, 1.165) is 77.5 Å². The van der Waals surface area contributed by atoms with Crippen molar-refractivity contribution in [2.24, 2.45) is 0 Å². The van der Waals surface area contributed by atoms with Crippen LogP contribution in [-0.4, -0.2) is 15.0 Å². The zero-order chi connectivity index (χ0) is 41.0. The number of hydrogen-bond acceptors (Lipinski definition) is 3. The average Bonchev–Trinajstić information content (AvgIpc) is 3.35. The van der Waals surface area contributed by atoms with Crippen molar-refractivity contribution >= 4 is 54.1 Å². The summed E-state index contributed by atoms with van der Waals surface area (Å²) in [6.45, 7) is 0. The van der Waals surface area contributed by atoms with Gasteiger partial charge >= 0.3 is 0 Å². The summed E-state index contributed by atoms with van der Waals surface area (Å²) in [7, 11) is 0. The number of fused-ring (bicyclic) bond motifs is 7. The summed E-state index contributed by atoms with van der Waals surface area (Å²) < 4.78 is 0. The zero-order valence-electron chi connectivity index (χ0n) is 33.7. The normalized spacial score (nSPS) is 11.5. The number of para-hydroxylation sites is 2. The molecule has 0 bridgehead atoms. The van der Waals surface area contributed by atoms with Gasteiger partial charge in [0.15, 0.2) is 5.82 Å². The van der Waals surface area contributed by atoms with Crippen LogP contribution in [0.15, 0.2) is 224 Å². The molecule has 0 unspecified atom stereocenters. The van der Waals surface area contributed by atoms with Gasteiger partial charge in [0.25, 0.3) is 0 Å². The van der Waals surface area contributed by atoms with Crippen LogP contribution in [0.1, 0.15) is 0 Å². The van der Waals surface area contributed by atoms with Gasteiger partial charge < -0.3 is 0 Å². The predicted octanol–water partition coefficient (Wildman–Crippen LogP) is 15.6. The Morgan fingerprint density at radius 2 is 0.758 bits per heavy atom. The smallest absolute Gasteiger partial charge is 0.160 e. The molecule has 288 valence electrons. The Morgan fingerprint density at radius 3 is 1.55 bits per heavy atom. The van der Waals surface area contributed by atoms with Crippen LogP contribution in [-0.2, 0) is 0 Å². The van der Waals surface area contributed by atoms with Crippen molar-refractivity contribution in [3.8, 4) is 67.3 Å². The molecule has 12 aromatic rings. The molecule has 0 saturated carbocycles. The molecule has 2 aromatic heterocycles. The van der Waals surface area contributed by atoms with Crippen LogP contribution >= 0.6 is 0 Å². The first-order valence-corrected chi connectivity index (χ1v) is 21.1.